The molecule has 1 N–H and O–H groups in total. The Morgan fingerprint density at radius 1 is 1.06 bits per heavy atom. The van der Waals surface area contributed by atoms with Gasteiger partial charge < -0.3 is 28.7 Å². The number of ether oxygens (including phenoxy) is 1. The lowest BCUT2D eigenvalue weighted by Crippen LogP contribution is -2.44. The number of nitrogens with one attached hydrogen (secondary N) is 1. The fraction of sp³-hybridized carbons (Fsp3) is 0.385. The summed E-state index contributed by atoms with van der Waals surface area (Å²) in [6.07, 6.45) is 6.36. The number of aromatic nitrogens is 2. The van der Waals surface area contributed by atoms with Gasteiger partial charge >= 0.3 is 0 Å². The SMILES string of the molecule is Cc1c(-c2ncc(N3CCN(C)CC3)o2)oc2cccc(OCCCNCc3cccnc3)c12. The average molecular weight is 462 g/mol. The molecule has 4 aromatic rings. The highest BCUT2D eigenvalue weighted by Crippen LogP contribution is 2.38. The van der Waals surface area contributed by atoms with Crippen LogP contribution in [0.25, 0.3) is 22.6 Å². The Balaban J connectivity index is 1.22. The molecule has 8 heteroatoms. The first-order valence-corrected chi connectivity index (χ1v) is 11.8. The summed E-state index contributed by atoms with van der Waals surface area (Å²) in [4.78, 5) is 13.2. The van der Waals surface area contributed by atoms with E-state index in [4.69, 9.17) is 13.6 Å². The van der Waals surface area contributed by atoms with E-state index >= 15 is 0 Å². The first-order valence-electron chi connectivity index (χ1n) is 11.8. The number of nitrogens with zero attached hydrogens (tertiary/aromatic N) is 4. The fourth-order valence-electron chi connectivity index (χ4n) is 4.25. The van der Waals surface area contributed by atoms with Crippen molar-refractivity contribution in [3.8, 4) is 17.4 Å². The molecule has 178 valence electrons. The van der Waals surface area contributed by atoms with Gasteiger partial charge in [-0.25, -0.2) is 4.98 Å². The van der Waals surface area contributed by atoms with Crippen LogP contribution in [0.1, 0.15) is 17.5 Å². The second-order valence-corrected chi connectivity index (χ2v) is 8.72. The minimum absolute atomic E-state index is 0.508. The highest BCUT2D eigenvalue weighted by atomic mass is 16.5. The van der Waals surface area contributed by atoms with Gasteiger partial charge in [-0.1, -0.05) is 12.1 Å². The van der Waals surface area contributed by atoms with Crippen LogP contribution in [0.3, 0.4) is 0 Å². The van der Waals surface area contributed by atoms with Gasteiger partial charge in [0, 0.05) is 50.7 Å². The Bertz CT molecular complexity index is 1210. The van der Waals surface area contributed by atoms with Gasteiger partial charge in [-0.15, -0.1) is 0 Å². The maximum atomic E-state index is 6.16. The molecular formula is C26H31N5O3. The minimum atomic E-state index is 0.508. The number of aryl methyl sites for hydroxylation is 1. The van der Waals surface area contributed by atoms with E-state index in [1.807, 2.05) is 37.4 Å². The molecule has 0 amide bonds. The van der Waals surface area contributed by atoms with Crippen molar-refractivity contribution in [3.05, 3.63) is 60.0 Å². The quantitative estimate of drug-likeness (QED) is 0.373. The maximum absolute atomic E-state index is 6.16. The van der Waals surface area contributed by atoms with Gasteiger partial charge in [0.2, 0.25) is 5.88 Å². The third-order valence-electron chi connectivity index (χ3n) is 6.23. The molecule has 1 fully saturated rings. The van der Waals surface area contributed by atoms with E-state index in [0.717, 1.165) is 73.9 Å². The fourth-order valence-corrected chi connectivity index (χ4v) is 4.25. The predicted octanol–water partition coefficient (Wildman–Crippen LogP) is 4.10. The molecular weight excluding hydrogens is 430 g/mol. The van der Waals surface area contributed by atoms with Crippen molar-refractivity contribution in [2.45, 2.75) is 19.9 Å². The topological polar surface area (TPSA) is 79.8 Å². The number of piperazine rings is 1. The zero-order valence-electron chi connectivity index (χ0n) is 19.8. The lowest BCUT2D eigenvalue weighted by molar-refractivity contribution is 0.306. The standard InChI is InChI=1S/C26H31N5O3/c1-19-24-21(32-15-5-10-28-17-20-6-4-9-27-16-20)7-3-8-22(24)33-25(19)26-29-18-23(34-26)31-13-11-30(2)12-14-31/h3-4,6-9,16,18,28H,5,10-15,17H2,1-2H3. The zero-order valence-corrected chi connectivity index (χ0v) is 19.8. The monoisotopic (exact) mass is 461 g/mol. The lowest BCUT2D eigenvalue weighted by atomic mass is 10.1. The van der Waals surface area contributed by atoms with Crippen LogP contribution in [0.5, 0.6) is 5.75 Å². The molecule has 0 spiro atoms. The highest BCUT2D eigenvalue weighted by Gasteiger charge is 2.23. The molecule has 34 heavy (non-hydrogen) atoms. The second kappa shape index (κ2) is 10.3. The van der Waals surface area contributed by atoms with E-state index in [1.165, 1.54) is 5.56 Å². The smallest absolute Gasteiger partial charge is 0.265 e. The minimum Gasteiger partial charge on any atom is -0.493 e. The van der Waals surface area contributed by atoms with Crippen molar-refractivity contribution in [1.82, 2.24) is 20.2 Å². The normalized spacial score (nSPS) is 14.7. The summed E-state index contributed by atoms with van der Waals surface area (Å²) in [7, 11) is 2.14. The molecule has 1 aliphatic rings. The number of furan rings is 1. The van der Waals surface area contributed by atoms with E-state index in [9.17, 15) is 0 Å². The predicted molar refractivity (Wildman–Crippen MR) is 132 cm³/mol. The molecule has 1 aromatic carbocycles. The van der Waals surface area contributed by atoms with Gasteiger partial charge in [0.1, 0.15) is 11.3 Å². The summed E-state index contributed by atoms with van der Waals surface area (Å²) in [5.74, 6) is 2.78. The molecule has 3 aromatic heterocycles. The van der Waals surface area contributed by atoms with E-state index in [0.29, 0.717) is 18.3 Å². The number of pyridine rings is 1. The number of rotatable bonds is 9. The third-order valence-corrected chi connectivity index (χ3v) is 6.23. The van der Waals surface area contributed by atoms with Gasteiger partial charge in [-0.05, 0) is 50.7 Å². The van der Waals surface area contributed by atoms with Crippen LogP contribution in [0.15, 0.2) is 57.8 Å². The van der Waals surface area contributed by atoms with E-state index < -0.39 is 0 Å². The molecule has 1 aliphatic heterocycles. The van der Waals surface area contributed by atoms with Crippen LogP contribution >= 0.6 is 0 Å². The van der Waals surface area contributed by atoms with Crippen LogP contribution in [0, 0.1) is 6.92 Å². The van der Waals surface area contributed by atoms with Gasteiger partial charge in [0.25, 0.3) is 5.89 Å². The molecule has 0 saturated carbocycles. The summed E-state index contributed by atoms with van der Waals surface area (Å²) in [5.41, 5.74) is 2.93. The number of benzene rings is 1. The molecule has 0 unspecified atom stereocenters. The van der Waals surface area contributed by atoms with E-state index in [-0.39, 0.29) is 0 Å². The summed E-state index contributed by atoms with van der Waals surface area (Å²) < 4.78 is 18.4. The molecule has 5 rings (SSSR count). The van der Waals surface area contributed by atoms with Crippen molar-refractivity contribution >= 4 is 16.9 Å². The van der Waals surface area contributed by atoms with Crippen LogP contribution in [0.2, 0.25) is 0 Å². The first-order chi connectivity index (χ1) is 16.7. The van der Waals surface area contributed by atoms with Crippen LogP contribution in [0.4, 0.5) is 5.88 Å². The Morgan fingerprint density at radius 3 is 2.76 bits per heavy atom. The Kier molecular flexibility index (Phi) is 6.78. The van der Waals surface area contributed by atoms with Gasteiger partial charge in [-0.2, -0.15) is 0 Å². The Morgan fingerprint density at radius 2 is 1.94 bits per heavy atom. The summed E-state index contributed by atoms with van der Waals surface area (Å²) in [6, 6.07) is 9.92. The third kappa shape index (κ3) is 4.93. The second-order valence-electron chi connectivity index (χ2n) is 8.72. The maximum Gasteiger partial charge on any atom is 0.265 e. The molecule has 8 nitrogen and oxygen atoms in total. The van der Waals surface area contributed by atoms with Crippen molar-refractivity contribution in [1.29, 1.82) is 0 Å². The summed E-state index contributed by atoms with van der Waals surface area (Å²) in [6.45, 7) is 8.21. The Hall–Kier alpha value is -3.36. The van der Waals surface area contributed by atoms with Crippen molar-refractivity contribution in [3.63, 3.8) is 0 Å². The number of likely N-dealkylation sites (N-methyl/N-ethyl adjacent to an activating group) is 1. The molecule has 1 saturated heterocycles. The van der Waals surface area contributed by atoms with E-state index in [1.54, 1.807) is 12.4 Å². The van der Waals surface area contributed by atoms with Crippen molar-refractivity contribution < 1.29 is 13.6 Å². The van der Waals surface area contributed by atoms with Crippen LogP contribution < -0.4 is 15.0 Å². The summed E-state index contributed by atoms with van der Waals surface area (Å²) >= 11 is 0. The number of fused-ring (bicyclic) bond motifs is 1. The number of anilines is 1. The summed E-state index contributed by atoms with van der Waals surface area (Å²) in [5, 5.41) is 4.40. The molecule has 0 atom stereocenters. The van der Waals surface area contributed by atoms with Gasteiger partial charge in [-0.3, -0.25) is 4.98 Å². The lowest BCUT2D eigenvalue weighted by Gasteiger charge is -2.31. The number of hydrogen-bond donors (Lipinski definition) is 1. The van der Waals surface area contributed by atoms with Crippen molar-refractivity contribution in [2.75, 3.05) is 51.3 Å². The molecule has 0 aliphatic carbocycles. The van der Waals surface area contributed by atoms with Crippen LogP contribution in [-0.4, -0.2) is 61.2 Å². The largest absolute Gasteiger partial charge is 0.493 e. The molecule has 4 heterocycles. The van der Waals surface area contributed by atoms with Crippen molar-refractivity contribution in [2.24, 2.45) is 0 Å². The number of hydrogen-bond acceptors (Lipinski definition) is 8. The highest BCUT2D eigenvalue weighted by molar-refractivity contribution is 5.91. The van der Waals surface area contributed by atoms with E-state index in [2.05, 4.69) is 38.2 Å². The van der Waals surface area contributed by atoms with Crippen LogP contribution in [-0.2, 0) is 6.54 Å². The zero-order chi connectivity index (χ0) is 23.3. The Labute approximate surface area is 199 Å². The number of oxazole rings is 1. The van der Waals surface area contributed by atoms with Gasteiger partial charge in [0.15, 0.2) is 5.76 Å². The molecule has 0 radical (unpaired) electrons. The van der Waals surface area contributed by atoms with Gasteiger partial charge in [0.05, 0.1) is 18.2 Å². The first kappa shape index (κ1) is 22.4. The average Bonchev–Trinajstić information content (AvgIpc) is 3.48. The molecule has 0 bridgehead atoms.